The molecule has 1 heterocycles. The highest BCUT2D eigenvalue weighted by molar-refractivity contribution is 5.71. The maximum Gasteiger partial charge on any atom is 0.0427 e. The van der Waals surface area contributed by atoms with Crippen molar-refractivity contribution in [2.24, 2.45) is 0 Å². The summed E-state index contributed by atoms with van der Waals surface area (Å²) in [6.45, 7) is 8.62. The number of fused-ring (bicyclic) bond motifs is 2. The normalized spacial score (nSPS) is 20.6. The van der Waals surface area contributed by atoms with Crippen LogP contribution in [0.25, 0.3) is 0 Å². The van der Waals surface area contributed by atoms with E-state index >= 15 is 0 Å². The van der Waals surface area contributed by atoms with Crippen molar-refractivity contribution in [2.45, 2.75) is 38.0 Å². The Morgan fingerprint density at radius 2 is 2.07 bits per heavy atom. The Morgan fingerprint density at radius 1 is 1.33 bits per heavy atom. The van der Waals surface area contributed by atoms with Gasteiger partial charge in [0.05, 0.1) is 0 Å². The van der Waals surface area contributed by atoms with Gasteiger partial charge >= 0.3 is 0 Å². The summed E-state index contributed by atoms with van der Waals surface area (Å²) in [5.74, 6) is 0.598. The van der Waals surface area contributed by atoms with Gasteiger partial charge in [-0.15, -0.1) is 0 Å². The van der Waals surface area contributed by atoms with Crippen LogP contribution in [0.4, 0.5) is 5.69 Å². The molecule has 0 radical (unpaired) electrons. The van der Waals surface area contributed by atoms with Crippen molar-refractivity contribution in [3.8, 4) is 0 Å². The Kier molecular flexibility index (Phi) is 1.60. The van der Waals surface area contributed by atoms with E-state index in [0.29, 0.717) is 11.3 Å². The maximum atomic E-state index is 4.15. The fourth-order valence-corrected chi connectivity index (χ4v) is 2.58. The van der Waals surface area contributed by atoms with Gasteiger partial charge in [0.2, 0.25) is 0 Å². The molecule has 1 N–H and O–H groups in total. The number of anilines is 1. The van der Waals surface area contributed by atoms with Gasteiger partial charge in [0.15, 0.2) is 0 Å². The molecule has 0 atom stereocenters. The van der Waals surface area contributed by atoms with Gasteiger partial charge in [-0.25, -0.2) is 0 Å². The first kappa shape index (κ1) is 9.02. The van der Waals surface area contributed by atoms with Crippen LogP contribution in [0.15, 0.2) is 30.5 Å². The van der Waals surface area contributed by atoms with Gasteiger partial charge in [-0.2, -0.15) is 0 Å². The zero-order valence-corrected chi connectivity index (χ0v) is 9.43. The highest BCUT2D eigenvalue weighted by atomic mass is 15.0. The summed E-state index contributed by atoms with van der Waals surface area (Å²) in [5.41, 5.74) is 5.69. The summed E-state index contributed by atoms with van der Waals surface area (Å²) in [7, 11) is 0. The Bertz CT molecular complexity index is 439. The summed E-state index contributed by atoms with van der Waals surface area (Å²) in [6.07, 6.45) is 2.54. The SMILES string of the molecule is C=C1Nc2cc(C(C)C)ccc2C12CC2. The Labute approximate surface area is 91.2 Å². The Hall–Kier alpha value is -1.24. The van der Waals surface area contributed by atoms with E-state index in [2.05, 4.69) is 43.9 Å². The minimum absolute atomic E-state index is 0.310. The molecule has 1 aliphatic heterocycles. The molecule has 2 aliphatic rings. The Balaban J connectivity index is 2.10. The number of hydrogen-bond acceptors (Lipinski definition) is 1. The zero-order valence-electron chi connectivity index (χ0n) is 9.43. The molecule has 1 fully saturated rings. The lowest BCUT2D eigenvalue weighted by Crippen LogP contribution is -2.04. The van der Waals surface area contributed by atoms with Crippen molar-refractivity contribution >= 4 is 5.69 Å². The van der Waals surface area contributed by atoms with Crippen molar-refractivity contribution in [1.29, 1.82) is 0 Å². The van der Waals surface area contributed by atoms with E-state index in [0.717, 1.165) is 0 Å². The summed E-state index contributed by atoms with van der Waals surface area (Å²) < 4.78 is 0. The minimum atomic E-state index is 0.310. The summed E-state index contributed by atoms with van der Waals surface area (Å²) in [4.78, 5) is 0. The number of nitrogens with one attached hydrogen (secondary N) is 1. The van der Waals surface area contributed by atoms with Gasteiger partial charge in [-0.1, -0.05) is 32.6 Å². The number of allylic oxidation sites excluding steroid dienone is 1. The third kappa shape index (κ3) is 1.09. The van der Waals surface area contributed by atoms with Crippen molar-refractivity contribution in [3.63, 3.8) is 0 Å². The van der Waals surface area contributed by atoms with Crippen molar-refractivity contribution in [2.75, 3.05) is 5.32 Å². The topological polar surface area (TPSA) is 12.0 Å². The molecule has 1 aliphatic carbocycles. The smallest absolute Gasteiger partial charge is 0.0427 e. The third-order valence-corrected chi connectivity index (χ3v) is 3.84. The second-order valence-corrected chi connectivity index (χ2v) is 5.15. The highest BCUT2D eigenvalue weighted by Crippen LogP contribution is 2.59. The average Bonchev–Trinajstić information content (AvgIpc) is 2.93. The Morgan fingerprint density at radius 3 is 2.67 bits per heavy atom. The minimum Gasteiger partial charge on any atom is -0.358 e. The molecule has 0 unspecified atom stereocenters. The molecule has 1 spiro atoms. The maximum absolute atomic E-state index is 4.15. The highest BCUT2D eigenvalue weighted by Gasteiger charge is 2.51. The number of benzene rings is 1. The summed E-state index contributed by atoms with van der Waals surface area (Å²) in [5, 5.41) is 3.45. The molecule has 1 aromatic carbocycles. The molecule has 0 amide bonds. The van der Waals surface area contributed by atoms with Crippen LogP contribution < -0.4 is 5.32 Å². The molecule has 3 rings (SSSR count). The van der Waals surface area contributed by atoms with Crippen molar-refractivity contribution < 1.29 is 0 Å². The lowest BCUT2D eigenvalue weighted by Gasteiger charge is -2.09. The molecule has 1 nitrogen and oxygen atoms in total. The quantitative estimate of drug-likeness (QED) is 0.725. The van der Waals surface area contributed by atoms with Crippen molar-refractivity contribution in [3.05, 3.63) is 41.6 Å². The molecule has 15 heavy (non-hydrogen) atoms. The van der Waals surface area contributed by atoms with Crippen LogP contribution >= 0.6 is 0 Å². The standard InChI is InChI=1S/C14H17N/c1-9(2)11-4-5-12-13(8-11)15-10(3)14(12)6-7-14/h4-5,8-9,15H,3,6-7H2,1-2H3. The van der Waals surface area contributed by atoms with E-state index in [9.17, 15) is 0 Å². The fourth-order valence-electron chi connectivity index (χ4n) is 2.58. The van der Waals surface area contributed by atoms with E-state index in [1.807, 2.05) is 0 Å². The van der Waals surface area contributed by atoms with Gasteiger partial charge in [-0.3, -0.25) is 0 Å². The number of hydrogen-bond donors (Lipinski definition) is 1. The fraction of sp³-hybridized carbons (Fsp3) is 0.429. The molecule has 0 bridgehead atoms. The third-order valence-electron chi connectivity index (χ3n) is 3.84. The first-order valence-electron chi connectivity index (χ1n) is 5.74. The molecule has 1 heteroatoms. The molecule has 78 valence electrons. The van der Waals surface area contributed by atoms with E-state index in [-0.39, 0.29) is 0 Å². The molecule has 1 aromatic rings. The van der Waals surface area contributed by atoms with Crippen LogP contribution in [0.2, 0.25) is 0 Å². The van der Waals surface area contributed by atoms with Gasteiger partial charge in [-0.05, 0) is 36.0 Å². The van der Waals surface area contributed by atoms with Crippen LogP contribution in [0.3, 0.4) is 0 Å². The zero-order chi connectivity index (χ0) is 10.6. The molecular formula is C14H17N. The van der Waals surface area contributed by atoms with Crippen molar-refractivity contribution in [1.82, 2.24) is 0 Å². The molecule has 0 saturated heterocycles. The monoisotopic (exact) mass is 199 g/mol. The first-order chi connectivity index (χ1) is 7.13. The van der Waals surface area contributed by atoms with Crippen LogP contribution in [-0.2, 0) is 5.41 Å². The predicted octanol–water partition coefficient (Wildman–Crippen LogP) is 3.78. The van der Waals surface area contributed by atoms with Gasteiger partial charge in [0, 0.05) is 16.8 Å². The van der Waals surface area contributed by atoms with Crippen LogP contribution in [-0.4, -0.2) is 0 Å². The second-order valence-electron chi connectivity index (χ2n) is 5.15. The first-order valence-corrected chi connectivity index (χ1v) is 5.74. The second kappa shape index (κ2) is 2.66. The van der Waals surface area contributed by atoms with E-state index < -0.39 is 0 Å². The lowest BCUT2D eigenvalue weighted by atomic mass is 9.93. The largest absolute Gasteiger partial charge is 0.358 e. The van der Waals surface area contributed by atoms with E-state index in [4.69, 9.17) is 0 Å². The molecule has 0 aromatic heterocycles. The summed E-state index contributed by atoms with van der Waals surface area (Å²) >= 11 is 0. The average molecular weight is 199 g/mol. The van der Waals surface area contributed by atoms with Gasteiger partial charge < -0.3 is 5.32 Å². The van der Waals surface area contributed by atoms with Crippen LogP contribution in [0, 0.1) is 0 Å². The predicted molar refractivity (Wildman–Crippen MR) is 64.2 cm³/mol. The molecular weight excluding hydrogens is 182 g/mol. The molecule has 1 saturated carbocycles. The number of rotatable bonds is 1. The van der Waals surface area contributed by atoms with Crippen LogP contribution in [0.1, 0.15) is 43.7 Å². The van der Waals surface area contributed by atoms with Gasteiger partial charge in [0.1, 0.15) is 0 Å². The lowest BCUT2D eigenvalue weighted by molar-refractivity contribution is 0.856. The van der Waals surface area contributed by atoms with Crippen LogP contribution in [0.5, 0.6) is 0 Å². The van der Waals surface area contributed by atoms with E-state index in [1.54, 1.807) is 0 Å². The van der Waals surface area contributed by atoms with Gasteiger partial charge in [0.25, 0.3) is 0 Å². The van der Waals surface area contributed by atoms with E-state index in [1.165, 1.54) is 35.4 Å². The summed E-state index contributed by atoms with van der Waals surface area (Å²) in [6, 6.07) is 6.85.